The molecule has 0 saturated carbocycles. The summed E-state index contributed by atoms with van der Waals surface area (Å²) in [5.74, 6) is 1.11. The van der Waals surface area contributed by atoms with Gasteiger partial charge in [-0.2, -0.15) is 4.98 Å². The summed E-state index contributed by atoms with van der Waals surface area (Å²) in [5.41, 5.74) is 9.51. The van der Waals surface area contributed by atoms with Gasteiger partial charge in [-0.1, -0.05) is 0 Å². The van der Waals surface area contributed by atoms with Crippen molar-refractivity contribution in [3.63, 3.8) is 0 Å². The predicted octanol–water partition coefficient (Wildman–Crippen LogP) is 2.84. The first-order valence-electron chi connectivity index (χ1n) is 6.78. The summed E-state index contributed by atoms with van der Waals surface area (Å²) < 4.78 is 8.16. The summed E-state index contributed by atoms with van der Waals surface area (Å²) in [7, 11) is 1.68. The second kappa shape index (κ2) is 5.57. The van der Waals surface area contributed by atoms with Crippen LogP contribution in [0, 0.1) is 13.8 Å². The van der Waals surface area contributed by atoms with Crippen LogP contribution in [0.15, 0.2) is 23.1 Å². The molecule has 0 unspecified atom stereocenters. The molecule has 22 heavy (non-hydrogen) atoms. The number of nitrogens with zero attached hydrogens (tertiary/aromatic N) is 4. The van der Waals surface area contributed by atoms with Crippen molar-refractivity contribution in [3.8, 4) is 5.75 Å². The largest absolute Gasteiger partial charge is 0.496 e. The Balaban J connectivity index is 2.08. The SMILES string of the molecule is COc1c(C)cnc(Cn2ccc3c(Br)nc(N)nc32)c1C. The number of hydrogen-bond acceptors (Lipinski definition) is 5. The Morgan fingerprint density at radius 3 is 2.82 bits per heavy atom. The summed E-state index contributed by atoms with van der Waals surface area (Å²) in [4.78, 5) is 13.0. The van der Waals surface area contributed by atoms with Crippen LogP contribution in [0.4, 0.5) is 5.95 Å². The number of nitrogen functional groups attached to an aromatic ring is 1. The number of fused-ring (bicyclic) bond motifs is 1. The van der Waals surface area contributed by atoms with Crippen molar-refractivity contribution in [1.29, 1.82) is 0 Å². The van der Waals surface area contributed by atoms with Gasteiger partial charge < -0.3 is 15.0 Å². The molecule has 0 saturated heterocycles. The number of nitrogens with two attached hydrogens (primary N) is 1. The van der Waals surface area contributed by atoms with Crippen molar-refractivity contribution in [2.45, 2.75) is 20.4 Å². The molecule has 3 aromatic rings. The second-order valence-electron chi connectivity index (χ2n) is 5.10. The topological polar surface area (TPSA) is 78.8 Å². The van der Waals surface area contributed by atoms with Crippen LogP contribution in [-0.4, -0.2) is 26.6 Å². The molecule has 0 aliphatic heterocycles. The Kier molecular flexibility index (Phi) is 3.74. The van der Waals surface area contributed by atoms with Gasteiger partial charge in [-0.3, -0.25) is 4.98 Å². The van der Waals surface area contributed by atoms with E-state index in [1.165, 1.54) is 0 Å². The minimum absolute atomic E-state index is 0.241. The van der Waals surface area contributed by atoms with E-state index in [9.17, 15) is 0 Å². The maximum Gasteiger partial charge on any atom is 0.223 e. The van der Waals surface area contributed by atoms with Crippen molar-refractivity contribution in [2.75, 3.05) is 12.8 Å². The fraction of sp³-hybridized carbons (Fsp3) is 0.267. The van der Waals surface area contributed by atoms with Crippen LogP contribution in [0.2, 0.25) is 0 Å². The maximum absolute atomic E-state index is 5.74. The third-order valence-corrected chi connectivity index (χ3v) is 4.26. The van der Waals surface area contributed by atoms with Crippen LogP contribution in [-0.2, 0) is 6.54 Å². The van der Waals surface area contributed by atoms with Crippen LogP contribution in [0.3, 0.4) is 0 Å². The Hall–Kier alpha value is -2.15. The molecule has 6 nitrogen and oxygen atoms in total. The molecular formula is C15H16BrN5O. The lowest BCUT2D eigenvalue weighted by Crippen LogP contribution is -2.07. The first-order valence-corrected chi connectivity index (χ1v) is 7.57. The highest BCUT2D eigenvalue weighted by Gasteiger charge is 2.13. The fourth-order valence-corrected chi connectivity index (χ4v) is 3.05. The molecule has 0 bridgehead atoms. The van der Waals surface area contributed by atoms with E-state index >= 15 is 0 Å². The van der Waals surface area contributed by atoms with Gasteiger partial charge in [0.2, 0.25) is 5.95 Å². The lowest BCUT2D eigenvalue weighted by molar-refractivity contribution is 0.406. The molecule has 0 aromatic carbocycles. The van der Waals surface area contributed by atoms with Crippen LogP contribution in [0.5, 0.6) is 5.75 Å². The van der Waals surface area contributed by atoms with Crippen LogP contribution in [0.25, 0.3) is 11.0 Å². The maximum atomic E-state index is 5.74. The lowest BCUT2D eigenvalue weighted by Gasteiger charge is -2.13. The van der Waals surface area contributed by atoms with Crippen molar-refractivity contribution in [1.82, 2.24) is 19.5 Å². The van der Waals surface area contributed by atoms with Gasteiger partial charge in [0.05, 0.1) is 24.7 Å². The fourth-order valence-electron chi connectivity index (χ4n) is 2.56. The Labute approximate surface area is 136 Å². The van der Waals surface area contributed by atoms with Gasteiger partial charge in [0.25, 0.3) is 0 Å². The van der Waals surface area contributed by atoms with Gasteiger partial charge in [-0.05, 0) is 35.8 Å². The number of aryl methyl sites for hydroxylation is 1. The summed E-state index contributed by atoms with van der Waals surface area (Å²) >= 11 is 3.41. The lowest BCUT2D eigenvalue weighted by atomic mass is 10.1. The number of pyridine rings is 1. The number of methoxy groups -OCH3 is 1. The van der Waals surface area contributed by atoms with Crippen LogP contribution < -0.4 is 10.5 Å². The minimum Gasteiger partial charge on any atom is -0.496 e. The Morgan fingerprint density at radius 2 is 2.09 bits per heavy atom. The zero-order chi connectivity index (χ0) is 15.9. The molecular weight excluding hydrogens is 346 g/mol. The smallest absolute Gasteiger partial charge is 0.223 e. The normalized spacial score (nSPS) is 11.1. The number of hydrogen-bond donors (Lipinski definition) is 1. The Bertz CT molecular complexity index is 859. The molecule has 7 heteroatoms. The molecule has 0 radical (unpaired) electrons. The van der Waals surface area contributed by atoms with E-state index in [4.69, 9.17) is 10.5 Å². The minimum atomic E-state index is 0.241. The zero-order valence-corrected chi connectivity index (χ0v) is 14.2. The highest BCUT2D eigenvalue weighted by Crippen LogP contribution is 2.27. The van der Waals surface area contributed by atoms with Gasteiger partial charge in [0.15, 0.2) is 0 Å². The predicted molar refractivity (Wildman–Crippen MR) is 89.0 cm³/mol. The molecule has 0 aliphatic rings. The average Bonchev–Trinajstić information content (AvgIpc) is 2.86. The number of rotatable bonds is 3. The highest BCUT2D eigenvalue weighted by atomic mass is 79.9. The van der Waals surface area contributed by atoms with Crippen molar-refractivity contribution in [3.05, 3.63) is 39.9 Å². The van der Waals surface area contributed by atoms with Crippen molar-refractivity contribution < 1.29 is 4.74 Å². The molecule has 3 rings (SSSR count). The first-order chi connectivity index (χ1) is 10.5. The van der Waals surface area contributed by atoms with E-state index in [1.54, 1.807) is 7.11 Å². The summed E-state index contributed by atoms with van der Waals surface area (Å²) in [5, 5.41) is 0.922. The third-order valence-electron chi connectivity index (χ3n) is 3.66. The van der Waals surface area contributed by atoms with Gasteiger partial charge in [0, 0.05) is 23.5 Å². The second-order valence-corrected chi connectivity index (χ2v) is 5.85. The van der Waals surface area contributed by atoms with E-state index in [2.05, 4.69) is 30.9 Å². The molecule has 0 spiro atoms. The standard InChI is InChI=1S/C15H16BrN5O/c1-8-6-18-11(9(2)12(8)22-3)7-21-5-4-10-13(16)19-15(17)20-14(10)21/h4-6H,7H2,1-3H3,(H2,17,19,20). The number of ether oxygens (including phenoxy) is 1. The molecule has 3 aromatic heterocycles. The molecule has 0 amide bonds. The van der Waals surface area contributed by atoms with E-state index in [-0.39, 0.29) is 5.95 Å². The van der Waals surface area contributed by atoms with E-state index < -0.39 is 0 Å². The van der Waals surface area contributed by atoms with Gasteiger partial charge in [0.1, 0.15) is 16.0 Å². The van der Waals surface area contributed by atoms with Crippen LogP contribution >= 0.6 is 15.9 Å². The zero-order valence-electron chi connectivity index (χ0n) is 12.6. The van der Waals surface area contributed by atoms with Crippen LogP contribution in [0.1, 0.15) is 16.8 Å². The number of aromatic nitrogens is 4. The number of halogens is 1. The average molecular weight is 362 g/mol. The quantitative estimate of drug-likeness (QED) is 0.725. The van der Waals surface area contributed by atoms with E-state index in [0.717, 1.165) is 33.6 Å². The van der Waals surface area contributed by atoms with Gasteiger partial charge in [-0.15, -0.1) is 0 Å². The van der Waals surface area contributed by atoms with E-state index in [0.29, 0.717) is 11.1 Å². The summed E-state index contributed by atoms with van der Waals surface area (Å²) in [6.07, 6.45) is 3.78. The summed E-state index contributed by atoms with van der Waals surface area (Å²) in [6, 6.07) is 1.96. The Morgan fingerprint density at radius 1 is 1.32 bits per heavy atom. The highest BCUT2D eigenvalue weighted by molar-refractivity contribution is 9.10. The molecule has 114 valence electrons. The molecule has 0 atom stereocenters. The number of anilines is 1. The third kappa shape index (κ3) is 2.41. The first kappa shape index (κ1) is 14.8. The van der Waals surface area contributed by atoms with Gasteiger partial charge >= 0.3 is 0 Å². The molecule has 2 N–H and O–H groups in total. The van der Waals surface area contributed by atoms with E-state index in [1.807, 2.05) is 36.9 Å². The van der Waals surface area contributed by atoms with Crippen molar-refractivity contribution >= 4 is 32.9 Å². The summed E-state index contributed by atoms with van der Waals surface area (Å²) in [6.45, 7) is 4.59. The molecule has 0 aliphatic carbocycles. The molecule has 0 fully saturated rings. The monoisotopic (exact) mass is 361 g/mol. The molecule has 3 heterocycles. The van der Waals surface area contributed by atoms with Gasteiger partial charge in [-0.25, -0.2) is 4.98 Å². The van der Waals surface area contributed by atoms with Crippen molar-refractivity contribution in [2.24, 2.45) is 0 Å².